The summed E-state index contributed by atoms with van der Waals surface area (Å²) in [5, 5.41) is 11.1. The lowest BCUT2D eigenvalue weighted by atomic mass is 9.96. The van der Waals surface area contributed by atoms with E-state index in [9.17, 15) is 14.7 Å². The van der Waals surface area contributed by atoms with E-state index in [2.05, 4.69) is 0 Å². The van der Waals surface area contributed by atoms with Crippen LogP contribution in [0.15, 0.2) is 48.5 Å². The number of para-hydroxylation sites is 1. The number of amides is 2. The molecule has 2 aromatic carbocycles. The number of likely N-dealkylation sites (N-methyl/N-ethyl adjacent to an activating group) is 1. The second kappa shape index (κ2) is 10.7. The van der Waals surface area contributed by atoms with E-state index in [1.165, 1.54) is 12.0 Å². The summed E-state index contributed by atoms with van der Waals surface area (Å²) in [6.45, 7) is 4.68. The molecule has 0 unspecified atom stereocenters. The van der Waals surface area contributed by atoms with Crippen molar-refractivity contribution in [2.75, 3.05) is 33.9 Å². The van der Waals surface area contributed by atoms with E-state index in [4.69, 9.17) is 9.47 Å². The lowest BCUT2D eigenvalue weighted by Gasteiger charge is -2.34. The third kappa shape index (κ3) is 4.70. The molecule has 1 aromatic heterocycles. The number of fused-ring (bicyclic) bond motifs is 5. The zero-order valence-electron chi connectivity index (χ0n) is 21.6. The van der Waals surface area contributed by atoms with Crippen molar-refractivity contribution >= 4 is 22.9 Å². The summed E-state index contributed by atoms with van der Waals surface area (Å²) in [6.07, 6.45) is -0.808. The summed E-state index contributed by atoms with van der Waals surface area (Å²) in [7, 11) is 4.93. The van der Waals surface area contributed by atoms with E-state index in [1.54, 1.807) is 11.9 Å². The number of carbonyl (C=O) groups excluding carboxylic acids is 2. The Balaban J connectivity index is 1.90. The Bertz CT molecular complexity index is 1250. The molecule has 1 aliphatic heterocycles. The minimum Gasteiger partial charge on any atom is -0.453 e. The summed E-state index contributed by atoms with van der Waals surface area (Å²) < 4.78 is 13.3. The summed E-state index contributed by atoms with van der Waals surface area (Å²) in [5.41, 5.74) is 4.31. The third-order valence-corrected chi connectivity index (χ3v) is 7.17. The number of aliphatic hydroxyl groups excluding tert-OH is 1. The SMILES string of the molecule is COC(=O)N(C)C[C@@H]1OCc2ccccc2-c2c(n(C)c3ccccc23)C(=O)N([C@H](C)CO)C[C@@H]1C. The maximum absolute atomic E-state index is 14.3. The average Bonchev–Trinajstić information content (AvgIpc) is 3.19. The minimum absolute atomic E-state index is 0.126. The number of hydrogen-bond acceptors (Lipinski definition) is 5. The van der Waals surface area contributed by atoms with Gasteiger partial charge in [0.25, 0.3) is 5.91 Å². The molecule has 3 atom stereocenters. The Morgan fingerprint density at radius 3 is 2.64 bits per heavy atom. The number of nitrogens with zero attached hydrogens (tertiary/aromatic N) is 3. The highest BCUT2D eigenvalue weighted by atomic mass is 16.5. The molecule has 1 aliphatic rings. The van der Waals surface area contributed by atoms with Gasteiger partial charge >= 0.3 is 6.09 Å². The van der Waals surface area contributed by atoms with Gasteiger partial charge in [-0.2, -0.15) is 0 Å². The largest absolute Gasteiger partial charge is 0.453 e. The number of carbonyl (C=O) groups is 2. The quantitative estimate of drug-likeness (QED) is 0.596. The van der Waals surface area contributed by atoms with Gasteiger partial charge in [0.1, 0.15) is 5.69 Å². The average molecular weight is 494 g/mol. The lowest BCUT2D eigenvalue weighted by molar-refractivity contribution is -0.0220. The van der Waals surface area contributed by atoms with Gasteiger partial charge in [0.2, 0.25) is 0 Å². The molecule has 36 heavy (non-hydrogen) atoms. The molecule has 8 heteroatoms. The van der Waals surface area contributed by atoms with E-state index in [0.29, 0.717) is 25.4 Å². The molecule has 0 saturated carbocycles. The van der Waals surface area contributed by atoms with Gasteiger partial charge in [0.15, 0.2) is 0 Å². The number of aliphatic hydroxyl groups is 1. The summed E-state index contributed by atoms with van der Waals surface area (Å²) >= 11 is 0. The summed E-state index contributed by atoms with van der Waals surface area (Å²) in [5.74, 6) is -0.271. The van der Waals surface area contributed by atoms with Crippen LogP contribution in [0.2, 0.25) is 0 Å². The molecule has 8 nitrogen and oxygen atoms in total. The maximum Gasteiger partial charge on any atom is 0.409 e. The molecule has 0 spiro atoms. The fraction of sp³-hybridized carbons (Fsp3) is 0.429. The Morgan fingerprint density at radius 2 is 1.92 bits per heavy atom. The predicted molar refractivity (Wildman–Crippen MR) is 139 cm³/mol. The van der Waals surface area contributed by atoms with E-state index >= 15 is 0 Å². The van der Waals surface area contributed by atoms with Gasteiger partial charge in [0, 0.05) is 43.0 Å². The standard InChI is InChI=1S/C28H35N3O5/c1-18-14-31(19(2)16-32)27(33)26-25(22-12-8-9-13-23(22)30(26)4)21-11-7-6-10-20(21)17-36-24(18)15-29(3)28(34)35-5/h6-13,18-19,24,32H,14-17H2,1-5H3/t18-,19+,24-/m0/s1. The number of hydrogen-bond donors (Lipinski definition) is 1. The first-order valence-corrected chi connectivity index (χ1v) is 12.3. The van der Waals surface area contributed by atoms with Crippen molar-refractivity contribution in [3.63, 3.8) is 0 Å². The van der Waals surface area contributed by atoms with Gasteiger partial charge in [-0.1, -0.05) is 49.4 Å². The predicted octanol–water partition coefficient (Wildman–Crippen LogP) is 3.90. The molecular formula is C28H35N3O5. The van der Waals surface area contributed by atoms with E-state index in [-0.39, 0.29) is 24.5 Å². The van der Waals surface area contributed by atoms with Gasteiger partial charge in [-0.05, 0) is 24.1 Å². The van der Waals surface area contributed by atoms with Gasteiger partial charge < -0.3 is 28.9 Å². The molecule has 0 saturated heterocycles. The number of aryl methyl sites for hydroxylation is 1. The van der Waals surface area contributed by atoms with E-state index in [0.717, 1.165) is 27.6 Å². The van der Waals surface area contributed by atoms with Crippen molar-refractivity contribution in [3.05, 3.63) is 59.8 Å². The van der Waals surface area contributed by atoms with Crippen LogP contribution in [0.4, 0.5) is 4.79 Å². The molecule has 3 aromatic rings. The van der Waals surface area contributed by atoms with Crippen LogP contribution in [0, 0.1) is 5.92 Å². The van der Waals surface area contributed by atoms with Crippen LogP contribution in [0.1, 0.15) is 29.9 Å². The van der Waals surface area contributed by atoms with Gasteiger partial charge in [-0.3, -0.25) is 4.79 Å². The van der Waals surface area contributed by atoms with Crippen molar-refractivity contribution in [1.82, 2.24) is 14.4 Å². The van der Waals surface area contributed by atoms with Gasteiger partial charge in [-0.15, -0.1) is 0 Å². The Hall–Kier alpha value is -3.36. The highest BCUT2D eigenvalue weighted by Gasteiger charge is 2.33. The first kappa shape index (κ1) is 25.7. The van der Waals surface area contributed by atoms with Crippen LogP contribution in [0.5, 0.6) is 0 Å². The first-order valence-electron chi connectivity index (χ1n) is 12.3. The van der Waals surface area contributed by atoms with Crippen LogP contribution < -0.4 is 0 Å². The molecule has 192 valence electrons. The normalized spacial score (nSPS) is 19.3. The minimum atomic E-state index is -0.448. The number of methoxy groups -OCH3 is 1. The van der Waals surface area contributed by atoms with Crippen LogP contribution in [0.25, 0.3) is 22.0 Å². The second-order valence-electron chi connectivity index (χ2n) is 9.62. The number of aromatic nitrogens is 1. The van der Waals surface area contributed by atoms with Gasteiger partial charge in [-0.25, -0.2) is 4.79 Å². The Morgan fingerprint density at radius 1 is 1.22 bits per heavy atom. The number of rotatable bonds is 4. The summed E-state index contributed by atoms with van der Waals surface area (Å²) in [6, 6.07) is 15.6. The Labute approximate surface area is 212 Å². The molecule has 4 rings (SSSR count). The van der Waals surface area contributed by atoms with E-state index < -0.39 is 12.1 Å². The highest BCUT2D eigenvalue weighted by Crippen LogP contribution is 2.38. The topological polar surface area (TPSA) is 84.2 Å². The van der Waals surface area contributed by atoms with Crippen molar-refractivity contribution < 1.29 is 24.2 Å². The molecule has 2 heterocycles. The molecule has 2 amide bonds. The van der Waals surface area contributed by atoms with Crippen molar-refractivity contribution in [3.8, 4) is 11.1 Å². The summed E-state index contributed by atoms with van der Waals surface area (Å²) in [4.78, 5) is 29.6. The van der Waals surface area contributed by atoms with Crippen LogP contribution in [-0.4, -0.2) is 77.5 Å². The highest BCUT2D eigenvalue weighted by molar-refractivity contribution is 6.10. The van der Waals surface area contributed by atoms with Gasteiger partial charge in [0.05, 0.1) is 39.0 Å². The molecular weight excluding hydrogens is 458 g/mol. The fourth-order valence-electron chi connectivity index (χ4n) is 5.03. The molecule has 0 fully saturated rings. The number of ether oxygens (including phenoxy) is 2. The molecule has 0 aliphatic carbocycles. The fourth-order valence-corrected chi connectivity index (χ4v) is 5.03. The maximum atomic E-state index is 14.3. The molecule has 1 N–H and O–H groups in total. The van der Waals surface area contributed by atoms with Crippen LogP contribution in [-0.2, 0) is 23.1 Å². The van der Waals surface area contributed by atoms with E-state index in [1.807, 2.05) is 74.0 Å². The van der Waals surface area contributed by atoms with Crippen LogP contribution >= 0.6 is 0 Å². The smallest absolute Gasteiger partial charge is 0.409 e. The lowest BCUT2D eigenvalue weighted by Crippen LogP contribution is -2.48. The number of benzene rings is 2. The zero-order valence-corrected chi connectivity index (χ0v) is 21.6. The van der Waals surface area contributed by atoms with Crippen molar-refractivity contribution in [2.24, 2.45) is 13.0 Å². The Kier molecular flexibility index (Phi) is 7.66. The molecule has 0 radical (unpaired) electrons. The molecule has 0 bridgehead atoms. The van der Waals surface area contributed by atoms with Crippen molar-refractivity contribution in [1.29, 1.82) is 0 Å². The second-order valence-corrected chi connectivity index (χ2v) is 9.62. The van der Waals surface area contributed by atoms with Crippen LogP contribution in [0.3, 0.4) is 0 Å². The first-order chi connectivity index (χ1) is 17.3. The monoisotopic (exact) mass is 493 g/mol. The zero-order chi connectivity index (χ0) is 26.0. The van der Waals surface area contributed by atoms with Crippen molar-refractivity contribution in [2.45, 2.75) is 32.6 Å². The third-order valence-electron chi connectivity index (χ3n) is 7.17.